The molecule has 4 aromatic rings. The Balaban J connectivity index is 1.04. The van der Waals surface area contributed by atoms with Gasteiger partial charge < -0.3 is 35.4 Å². The van der Waals surface area contributed by atoms with Crippen LogP contribution in [0.2, 0.25) is 0 Å². The summed E-state index contributed by atoms with van der Waals surface area (Å²) in [5, 5.41) is 37.0. The molecule has 0 radical (unpaired) electrons. The van der Waals surface area contributed by atoms with Gasteiger partial charge in [0, 0.05) is 35.7 Å². The van der Waals surface area contributed by atoms with E-state index >= 15 is 0 Å². The molecule has 1 atom stereocenters. The second-order valence-electron chi connectivity index (χ2n) is 11.1. The summed E-state index contributed by atoms with van der Waals surface area (Å²) in [5.41, 5.74) is 3.16. The molecule has 0 saturated carbocycles. The molecule has 0 bridgehead atoms. The van der Waals surface area contributed by atoms with Crippen LogP contribution in [0.3, 0.4) is 0 Å². The maximum atomic E-state index is 12.9. The number of ether oxygens (including phenoxy) is 2. The van der Waals surface area contributed by atoms with Gasteiger partial charge in [0.1, 0.15) is 9.96 Å². The van der Waals surface area contributed by atoms with Gasteiger partial charge in [-0.15, -0.1) is 11.3 Å². The van der Waals surface area contributed by atoms with Crippen LogP contribution in [-0.2, 0) is 32.7 Å². The van der Waals surface area contributed by atoms with Crippen molar-refractivity contribution in [2.45, 2.75) is 49.2 Å². The molecule has 0 aliphatic carbocycles. The van der Waals surface area contributed by atoms with Crippen molar-refractivity contribution < 1.29 is 38.0 Å². The number of thiophene rings is 1. The Morgan fingerprint density at radius 2 is 1.65 bits per heavy atom. The zero-order valence-electron chi connectivity index (χ0n) is 26.6. The van der Waals surface area contributed by atoms with Gasteiger partial charge in [0.15, 0.2) is 0 Å². The molecule has 0 fully saturated rings. The quantitative estimate of drug-likeness (QED) is 0.0624. The van der Waals surface area contributed by atoms with Crippen LogP contribution in [-0.4, -0.2) is 62.6 Å². The first kappa shape index (κ1) is 37.0. The number of benzene rings is 3. The van der Waals surface area contributed by atoms with Crippen LogP contribution in [0.4, 0.5) is 11.4 Å². The van der Waals surface area contributed by atoms with Gasteiger partial charge in [0.25, 0.3) is 15.9 Å². The van der Waals surface area contributed by atoms with E-state index in [2.05, 4.69) is 15.4 Å². The largest absolute Gasteiger partial charge is 0.508 e. The molecule has 0 unspecified atom stereocenters. The van der Waals surface area contributed by atoms with Gasteiger partial charge >= 0.3 is 0 Å². The molecule has 6 N–H and O–H groups in total. The highest BCUT2D eigenvalue weighted by Crippen LogP contribution is 2.23. The lowest BCUT2D eigenvalue weighted by Crippen LogP contribution is -2.22. The van der Waals surface area contributed by atoms with Crippen molar-refractivity contribution in [3.05, 3.63) is 106 Å². The first-order valence-electron chi connectivity index (χ1n) is 15.8. The molecule has 11 nitrogen and oxygen atoms in total. The Labute approximate surface area is 285 Å². The Bertz CT molecular complexity index is 1680. The van der Waals surface area contributed by atoms with E-state index in [0.29, 0.717) is 61.0 Å². The fourth-order valence-electron chi connectivity index (χ4n) is 4.80. The molecule has 1 aromatic heterocycles. The average molecular weight is 698 g/mol. The third-order valence-corrected chi connectivity index (χ3v) is 10.1. The minimum atomic E-state index is -3.72. The van der Waals surface area contributed by atoms with E-state index in [1.54, 1.807) is 47.8 Å². The second kappa shape index (κ2) is 19.2. The van der Waals surface area contributed by atoms with Crippen molar-refractivity contribution in [2.75, 3.05) is 42.9 Å². The number of hydrogen-bond donors (Lipinski definition) is 6. The summed E-state index contributed by atoms with van der Waals surface area (Å²) in [5.74, 6) is -0.344. The van der Waals surface area contributed by atoms with Gasteiger partial charge in [-0.05, 0) is 84.4 Å². The molecular formula is C35H43N3O8S2. The SMILES string of the molecule is O=C(Nc1cccc(COCCOCCCCCCNC[C@H](O)c2ccc(O)c(CO)c2)c1)c1cccc(NS(=O)(=O)c2cccs2)c1. The van der Waals surface area contributed by atoms with Crippen molar-refractivity contribution in [3.63, 3.8) is 0 Å². The van der Waals surface area contributed by atoms with Gasteiger partial charge in [-0.25, -0.2) is 8.42 Å². The zero-order chi connectivity index (χ0) is 34.2. The smallest absolute Gasteiger partial charge is 0.271 e. The molecular weight excluding hydrogens is 655 g/mol. The predicted molar refractivity (Wildman–Crippen MR) is 187 cm³/mol. The third kappa shape index (κ3) is 12.0. The lowest BCUT2D eigenvalue weighted by Gasteiger charge is -2.14. The number of rotatable bonds is 21. The van der Waals surface area contributed by atoms with Crippen molar-refractivity contribution in [1.29, 1.82) is 0 Å². The van der Waals surface area contributed by atoms with Crippen LogP contribution < -0.4 is 15.4 Å². The van der Waals surface area contributed by atoms with Crippen molar-refractivity contribution in [3.8, 4) is 5.75 Å². The number of unbranched alkanes of at least 4 members (excludes halogenated alkanes) is 3. The predicted octanol–water partition coefficient (Wildman–Crippen LogP) is 5.42. The number of aliphatic hydroxyl groups excluding tert-OH is 2. The highest BCUT2D eigenvalue weighted by atomic mass is 32.2. The number of phenols is 1. The molecule has 258 valence electrons. The summed E-state index contributed by atoms with van der Waals surface area (Å²) < 4.78 is 39.2. The summed E-state index contributed by atoms with van der Waals surface area (Å²) in [6.45, 7) is 2.86. The van der Waals surface area contributed by atoms with Crippen LogP contribution in [0.15, 0.2) is 88.5 Å². The highest BCUT2D eigenvalue weighted by molar-refractivity contribution is 7.94. The fourth-order valence-corrected chi connectivity index (χ4v) is 6.84. The minimum Gasteiger partial charge on any atom is -0.508 e. The summed E-state index contributed by atoms with van der Waals surface area (Å²) in [7, 11) is -3.72. The number of nitrogens with one attached hydrogen (secondary N) is 3. The highest BCUT2D eigenvalue weighted by Gasteiger charge is 2.16. The maximum Gasteiger partial charge on any atom is 0.271 e. The van der Waals surface area contributed by atoms with Crippen LogP contribution in [0, 0.1) is 0 Å². The molecule has 3 aromatic carbocycles. The van der Waals surface area contributed by atoms with Crippen molar-refractivity contribution in [2.24, 2.45) is 0 Å². The second-order valence-corrected chi connectivity index (χ2v) is 14.0. The first-order valence-corrected chi connectivity index (χ1v) is 18.1. The number of sulfonamides is 1. The van der Waals surface area contributed by atoms with E-state index in [-0.39, 0.29) is 22.5 Å². The third-order valence-electron chi connectivity index (χ3n) is 7.35. The van der Waals surface area contributed by atoms with Crippen LogP contribution in [0.5, 0.6) is 5.75 Å². The lowest BCUT2D eigenvalue weighted by atomic mass is 10.1. The number of hydrogen-bond acceptors (Lipinski definition) is 10. The molecule has 48 heavy (non-hydrogen) atoms. The molecule has 13 heteroatoms. The summed E-state index contributed by atoms with van der Waals surface area (Å²) in [4.78, 5) is 12.9. The molecule has 0 spiro atoms. The molecule has 1 amide bonds. The lowest BCUT2D eigenvalue weighted by molar-refractivity contribution is 0.0393. The van der Waals surface area contributed by atoms with Gasteiger partial charge in [0.2, 0.25) is 0 Å². The van der Waals surface area contributed by atoms with Gasteiger partial charge in [0.05, 0.1) is 32.5 Å². The minimum absolute atomic E-state index is 0.0200. The van der Waals surface area contributed by atoms with E-state index in [1.165, 1.54) is 18.2 Å². The number of amides is 1. The van der Waals surface area contributed by atoms with Gasteiger partial charge in [-0.2, -0.15) is 0 Å². The summed E-state index contributed by atoms with van der Waals surface area (Å²) in [6, 6.07) is 21.6. The van der Waals surface area contributed by atoms with Gasteiger partial charge in [-0.1, -0.05) is 43.2 Å². The van der Waals surface area contributed by atoms with E-state index in [4.69, 9.17) is 9.47 Å². The van der Waals surface area contributed by atoms with Gasteiger partial charge in [-0.3, -0.25) is 9.52 Å². The number of aromatic hydroxyl groups is 1. The van der Waals surface area contributed by atoms with Crippen LogP contribution >= 0.6 is 11.3 Å². The van der Waals surface area contributed by atoms with Crippen molar-refractivity contribution >= 4 is 38.6 Å². The monoisotopic (exact) mass is 697 g/mol. The average Bonchev–Trinajstić information content (AvgIpc) is 3.64. The maximum absolute atomic E-state index is 12.9. The number of carbonyl (C=O) groups excluding carboxylic acids is 1. The van der Waals surface area contributed by atoms with Crippen LogP contribution in [0.25, 0.3) is 0 Å². The Morgan fingerprint density at radius 3 is 2.46 bits per heavy atom. The standard InChI is InChI=1S/C35H43N3O8S2/c39-24-29-21-27(13-14-32(29)40)33(41)23-36-15-3-1-2-4-16-45-17-18-46-25-26-8-5-10-30(20-26)37-35(42)28-9-6-11-31(22-28)38-48(43,44)34-12-7-19-47-34/h5-14,19-22,33,36,38-41H,1-4,15-18,23-25H2,(H,37,42)/t33-/m0/s1. The Hall–Kier alpha value is -3.82. The number of anilines is 2. The molecule has 1 heterocycles. The molecule has 4 rings (SSSR count). The zero-order valence-corrected chi connectivity index (χ0v) is 28.3. The number of aliphatic hydroxyl groups is 2. The molecule has 0 aliphatic heterocycles. The first-order chi connectivity index (χ1) is 23.2. The van der Waals surface area contributed by atoms with E-state index < -0.39 is 16.1 Å². The topological polar surface area (TPSA) is 166 Å². The normalized spacial score (nSPS) is 12.1. The summed E-state index contributed by atoms with van der Waals surface area (Å²) in [6.07, 6.45) is 3.31. The Kier molecular flexibility index (Phi) is 14.8. The fraction of sp³-hybridized carbons (Fsp3) is 0.343. The van der Waals surface area contributed by atoms with E-state index in [0.717, 1.165) is 49.1 Å². The van der Waals surface area contributed by atoms with Crippen LogP contribution in [0.1, 0.15) is 58.8 Å². The number of carbonyl (C=O) groups is 1. The molecule has 0 saturated heterocycles. The van der Waals surface area contributed by atoms with E-state index in [9.17, 15) is 28.5 Å². The summed E-state index contributed by atoms with van der Waals surface area (Å²) >= 11 is 1.12. The van der Waals surface area contributed by atoms with E-state index in [1.807, 2.05) is 18.2 Å². The molecule has 0 aliphatic rings. The Morgan fingerprint density at radius 1 is 0.854 bits per heavy atom. The van der Waals surface area contributed by atoms with Crippen molar-refractivity contribution in [1.82, 2.24) is 5.32 Å².